The van der Waals surface area contributed by atoms with Crippen LogP contribution in [-0.4, -0.2) is 23.7 Å². The van der Waals surface area contributed by atoms with Crippen molar-refractivity contribution in [3.8, 4) is 11.5 Å². The monoisotopic (exact) mass is 300 g/mol. The zero-order chi connectivity index (χ0) is 15.9. The van der Waals surface area contributed by atoms with E-state index in [0.717, 1.165) is 6.42 Å². The first-order valence-electron chi connectivity index (χ1n) is 6.89. The predicted octanol–water partition coefficient (Wildman–Crippen LogP) is 3.39. The average Bonchev–Trinajstić information content (AvgIpc) is 2.53. The van der Waals surface area contributed by atoms with E-state index in [1.165, 1.54) is 12.1 Å². The minimum atomic E-state index is -1.15. The van der Waals surface area contributed by atoms with E-state index in [1.54, 1.807) is 36.4 Å². The van der Waals surface area contributed by atoms with Crippen LogP contribution in [0.5, 0.6) is 11.5 Å². The molecule has 0 bridgehead atoms. The van der Waals surface area contributed by atoms with Gasteiger partial charge in [-0.05, 0) is 42.8 Å². The molecule has 0 saturated heterocycles. The molecule has 5 heteroatoms. The van der Waals surface area contributed by atoms with Crippen molar-refractivity contribution >= 4 is 11.9 Å². The van der Waals surface area contributed by atoms with Crippen LogP contribution in [0.4, 0.5) is 0 Å². The van der Waals surface area contributed by atoms with Gasteiger partial charge in [-0.2, -0.15) is 0 Å². The number of hydrogen-bond donors (Lipinski definition) is 1. The molecule has 0 amide bonds. The highest BCUT2D eigenvalue weighted by Gasteiger charge is 2.15. The van der Waals surface area contributed by atoms with Gasteiger partial charge in [-0.25, -0.2) is 9.59 Å². The third kappa shape index (κ3) is 3.85. The Labute approximate surface area is 128 Å². The number of carboxylic acid groups (broad SMARTS) is 1. The summed E-state index contributed by atoms with van der Waals surface area (Å²) in [5, 5.41) is 9.06. The predicted molar refractivity (Wildman–Crippen MR) is 80.6 cm³/mol. The third-order valence-electron chi connectivity index (χ3n) is 2.88. The molecule has 0 spiro atoms. The molecule has 0 saturated carbocycles. The van der Waals surface area contributed by atoms with E-state index in [2.05, 4.69) is 0 Å². The molecule has 0 radical (unpaired) electrons. The second-order valence-electron chi connectivity index (χ2n) is 4.56. The molecule has 0 fully saturated rings. The molecule has 0 heterocycles. The fourth-order valence-electron chi connectivity index (χ4n) is 1.80. The summed E-state index contributed by atoms with van der Waals surface area (Å²) in [6.45, 7) is 2.61. The number of hydrogen-bond acceptors (Lipinski definition) is 4. The third-order valence-corrected chi connectivity index (χ3v) is 2.88. The Kier molecular flexibility index (Phi) is 5.14. The van der Waals surface area contributed by atoms with Crippen LogP contribution in [0.15, 0.2) is 48.5 Å². The Bertz CT molecular complexity index is 661. The number of aromatic carboxylic acids is 1. The van der Waals surface area contributed by atoms with Crippen LogP contribution in [0.25, 0.3) is 0 Å². The minimum absolute atomic E-state index is 0.0197. The van der Waals surface area contributed by atoms with Gasteiger partial charge in [-0.3, -0.25) is 0 Å². The molecule has 2 aromatic rings. The van der Waals surface area contributed by atoms with Crippen molar-refractivity contribution in [2.75, 3.05) is 6.61 Å². The largest absolute Gasteiger partial charge is 0.494 e. The van der Waals surface area contributed by atoms with Crippen LogP contribution < -0.4 is 9.47 Å². The van der Waals surface area contributed by atoms with Gasteiger partial charge in [-0.15, -0.1) is 0 Å². The fraction of sp³-hybridized carbons (Fsp3) is 0.176. The first kappa shape index (κ1) is 15.6. The Hall–Kier alpha value is -2.82. The zero-order valence-corrected chi connectivity index (χ0v) is 12.1. The van der Waals surface area contributed by atoms with E-state index in [0.29, 0.717) is 17.9 Å². The molecular weight excluding hydrogens is 284 g/mol. The number of esters is 1. The van der Waals surface area contributed by atoms with E-state index in [1.807, 2.05) is 6.92 Å². The lowest BCUT2D eigenvalue weighted by Gasteiger charge is -2.08. The van der Waals surface area contributed by atoms with E-state index in [4.69, 9.17) is 14.6 Å². The lowest BCUT2D eigenvalue weighted by atomic mass is 10.2. The fourth-order valence-corrected chi connectivity index (χ4v) is 1.80. The van der Waals surface area contributed by atoms with E-state index in [9.17, 15) is 9.59 Å². The number of carbonyl (C=O) groups excluding carboxylic acids is 1. The summed E-state index contributed by atoms with van der Waals surface area (Å²) >= 11 is 0. The quantitative estimate of drug-likeness (QED) is 0.654. The molecular formula is C17H16O5. The van der Waals surface area contributed by atoms with Crippen LogP contribution >= 0.6 is 0 Å². The van der Waals surface area contributed by atoms with Crippen molar-refractivity contribution in [3.05, 3.63) is 59.7 Å². The normalized spacial score (nSPS) is 10.0. The summed E-state index contributed by atoms with van der Waals surface area (Å²) < 4.78 is 10.6. The SMILES string of the molecule is CCCOc1ccc(C(=O)Oc2ccccc2C(=O)O)cc1. The number of para-hydroxylation sites is 1. The van der Waals surface area contributed by atoms with E-state index in [-0.39, 0.29) is 11.3 Å². The highest BCUT2D eigenvalue weighted by atomic mass is 16.5. The molecule has 0 aliphatic carbocycles. The summed E-state index contributed by atoms with van der Waals surface area (Å²) in [4.78, 5) is 23.1. The van der Waals surface area contributed by atoms with Gasteiger partial charge in [0.1, 0.15) is 17.1 Å². The van der Waals surface area contributed by atoms with Gasteiger partial charge in [0.25, 0.3) is 0 Å². The number of carboxylic acids is 1. The van der Waals surface area contributed by atoms with Gasteiger partial charge >= 0.3 is 11.9 Å². The molecule has 114 valence electrons. The summed E-state index contributed by atoms with van der Waals surface area (Å²) in [6.07, 6.45) is 0.899. The highest BCUT2D eigenvalue weighted by Crippen LogP contribution is 2.20. The Morgan fingerprint density at radius 3 is 2.36 bits per heavy atom. The first-order valence-corrected chi connectivity index (χ1v) is 6.89. The van der Waals surface area contributed by atoms with Crippen molar-refractivity contribution in [3.63, 3.8) is 0 Å². The molecule has 0 atom stereocenters. The lowest BCUT2D eigenvalue weighted by Crippen LogP contribution is -2.11. The maximum atomic E-state index is 12.1. The number of benzene rings is 2. The Balaban J connectivity index is 2.11. The lowest BCUT2D eigenvalue weighted by molar-refractivity contribution is 0.0681. The van der Waals surface area contributed by atoms with Crippen molar-refractivity contribution in [2.45, 2.75) is 13.3 Å². The summed E-state index contributed by atoms with van der Waals surface area (Å²) in [5.41, 5.74) is 0.266. The number of rotatable bonds is 6. The summed E-state index contributed by atoms with van der Waals surface area (Å²) in [6, 6.07) is 12.5. The van der Waals surface area contributed by atoms with Gasteiger partial charge in [0.15, 0.2) is 0 Å². The Morgan fingerprint density at radius 1 is 1.05 bits per heavy atom. The number of ether oxygens (including phenoxy) is 2. The molecule has 2 aromatic carbocycles. The van der Waals surface area contributed by atoms with Crippen molar-refractivity contribution < 1.29 is 24.2 Å². The molecule has 0 aromatic heterocycles. The molecule has 0 aliphatic heterocycles. The van der Waals surface area contributed by atoms with Gasteiger partial charge in [0.2, 0.25) is 0 Å². The van der Waals surface area contributed by atoms with Crippen LogP contribution in [0.2, 0.25) is 0 Å². The topological polar surface area (TPSA) is 72.8 Å². The van der Waals surface area contributed by atoms with Crippen LogP contribution in [0.1, 0.15) is 34.1 Å². The van der Waals surface area contributed by atoms with Gasteiger partial charge in [-0.1, -0.05) is 19.1 Å². The minimum Gasteiger partial charge on any atom is -0.494 e. The Morgan fingerprint density at radius 2 is 1.73 bits per heavy atom. The molecule has 2 rings (SSSR count). The first-order chi connectivity index (χ1) is 10.6. The zero-order valence-electron chi connectivity index (χ0n) is 12.1. The average molecular weight is 300 g/mol. The molecule has 1 N–H and O–H groups in total. The second-order valence-corrected chi connectivity index (χ2v) is 4.56. The van der Waals surface area contributed by atoms with Gasteiger partial charge < -0.3 is 14.6 Å². The standard InChI is InChI=1S/C17H16O5/c1-2-11-21-13-9-7-12(8-10-13)17(20)22-15-6-4-3-5-14(15)16(18)19/h3-10H,2,11H2,1H3,(H,18,19). The van der Waals surface area contributed by atoms with E-state index < -0.39 is 11.9 Å². The molecule has 0 unspecified atom stereocenters. The van der Waals surface area contributed by atoms with Crippen molar-refractivity contribution in [1.29, 1.82) is 0 Å². The molecule has 22 heavy (non-hydrogen) atoms. The molecule has 0 aliphatic rings. The van der Waals surface area contributed by atoms with E-state index >= 15 is 0 Å². The second kappa shape index (κ2) is 7.26. The van der Waals surface area contributed by atoms with Crippen LogP contribution in [0.3, 0.4) is 0 Å². The maximum absolute atomic E-state index is 12.1. The van der Waals surface area contributed by atoms with Crippen LogP contribution in [-0.2, 0) is 0 Å². The van der Waals surface area contributed by atoms with Crippen molar-refractivity contribution in [2.24, 2.45) is 0 Å². The molecule has 5 nitrogen and oxygen atoms in total. The number of carbonyl (C=O) groups is 2. The maximum Gasteiger partial charge on any atom is 0.343 e. The summed E-state index contributed by atoms with van der Waals surface area (Å²) in [5.74, 6) is -1.07. The van der Waals surface area contributed by atoms with Gasteiger partial charge in [0, 0.05) is 0 Å². The summed E-state index contributed by atoms with van der Waals surface area (Å²) in [7, 11) is 0. The van der Waals surface area contributed by atoms with Crippen molar-refractivity contribution in [1.82, 2.24) is 0 Å². The van der Waals surface area contributed by atoms with Gasteiger partial charge in [0.05, 0.1) is 12.2 Å². The van der Waals surface area contributed by atoms with Crippen LogP contribution in [0, 0.1) is 0 Å². The smallest absolute Gasteiger partial charge is 0.343 e. The highest BCUT2D eigenvalue weighted by molar-refractivity contribution is 5.95.